The normalized spacial score (nSPS) is 11.7. The number of carbonyl (C=O) groups is 1. The van der Waals surface area contributed by atoms with Gasteiger partial charge in [-0.05, 0) is 42.3 Å². The van der Waals surface area contributed by atoms with Crippen LogP contribution in [0, 0.1) is 6.92 Å². The van der Waals surface area contributed by atoms with E-state index in [2.05, 4.69) is 20.8 Å². The molecule has 0 bridgehead atoms. The van der Waals surface area contributed by atoms with Gasteiger partial charge in [-0.1, -0.05) is 66.2 Å². The molecule has 1 heterocycles. The van der Waals surface area contributed by atoms with Crippen molar-refractivity contribution in [2.45, 2.75) is 13.0 Å². The predicted octanol–water partition coefficient (Wildman–Crippen LogP) is 5.61. The third-order valence-corrected chi connectivity index (χ3v) is 4.80. The number of hydrogen-bond donors (Lipinski definition) is 2. The molecule has 0 radical (unpaired) electrons. The lowest BCUT2D eigenvalue weighted by molar-refractivity contribution is 0.248. The van der Waals surface area contributed by atoms with Crippen molar-refractivity contribution >= 4 is 23.3 Å². The van der Waals surface area contributed by atoms with Gasteiger partial charge < -0.3 is 15.1 Å². The topological polar surface area (TPSA) is 80.0 Å². The van der Waals surface area contributed by atoms with E-state index in [1.54, 1.807) is 12.1 Å². The number of benzene rings is 3. The highest BCUT2D eigenvalue weighted by Gasteiger charge is 2.23. The minimum absolute atomic E-state index is 0.290. The number of hydrogen-bond acceptors (Lipinski definition) is 4. The fraction of sp³-hybridized carbons (Fsp3) is 0.0870. The minimum Gasteiger partial charge on any atom is -0.418 e. The zero-order valence-electron chi connectivity index (χ0n) is 16.2. The van der Waals surface area contributed by atoms with E-state index in [1.807, 2.05) is 73.7 Å². The van der Waals surface area contributed by atoms with Crippen molar-refractivity contribution in [3.05, 3.63) is 101 Å². The molecule has 4 rings (SSSR count). The third kappa shape index (κ3) is 4.50. The second kappa shape index (κ2) is 8.80. The van der Waals surface area contributed by atoms with Crippen LogP contribution in [0.25, 0.3) is 11.5 Å². The molecule has 1 aromatic heterocycles. The molecule has 1 atom stereocenters. The number of nitrogens with one attached hydrogen (secondary N) is 2. The number of halogens is 1. The summed E-state index contributed by atoms with van der Waals surface area (Å²) >= 11 is 6.05. The highest BCUT2D eigenvalue weighted by Crippen LogP contribution is 2.26. The van der Waals surface area contributed by atoms with Gasteiger partial charge in [-0.3, -0.25) is 0 Å². The second-order valence-electron chi connectivity index (χ2n) is 6.71. The summed E-state index contributed by atoms with van der Waals surface area (Å²) in [5, 5.41) is 14.6. The van der Waals surface area contributed by atoms with Gasteiger partial charge in [0.25, 0.3) is 0 Å². The molecule has 0 aliphatic carbocycles. The number of nitrogens with zero attached hydrogens (tertiary/aromatic N) is 2. The van der Waals surface area contributed by atoms with Crippen molar-refractivity contribution < 1.29 is 9.21 Å². The van der Waals surface area contributed by atoms with Crippen molar-refractivity contribution in [2.24, 2.45) is 0 Å². The lowest BCUT2D eigenvalue weighted by Crippen LogP contribution is -2.33. The quantitative estimate of drug-likeness (QED) is 0.441. The molecule has 2 amide bonds. The summed E-state index contributed by atoms with van der Waals surface area (Å²) in [6, 6.07) is 23.2. The van der Waals surface area contributed by atoms with Gasteiger partial charge in [0.2, 0.25) is 11.8 Å². The average molecular weight is 419 g/mol. The van der Waals surface area contributed by atoms with E-state index < -0.39 is 12.1 Å². The molecule has 30 heavy (non-hydrogen) atoms. The number of aromatic nitrogens is 2. The number of urea groups is 1. The minimum atomic E-state index is -0.615. The average Bonchev–Trinajstić information content (AvgIpc) is 3.26. The molecule has 0 fully saturated rings. The van der Waals surface area contributed by atoms with Gasteiger partial charge in [0, 0.05) is 16.3 Å². The van der Waals surface area contributed by atoms with E-state index in [0.717, 1.165) is 16.7 Å². The highest BCUT2D eigenvalue weighted by atomic mass is 35.5. The van der Waals surface area contributed by atoms with E-state index in [1.165, 1.54) is 0 Å². The van der Waals surface area contributed by atoms with Crippen molar-refractivity contribution in [1.29, 1.82) is 0 Å². The molecule has 2 N–H and O–H groups in total. The number of carbonyl (C=O) groups excluding carboxylic acids is 1. The first-order valence-corrected chi connectivity index (χ1v) is 9.75. The van der Waals surface area contributed by atoms with E-state index in [-0.39, 0.29) is 5.89 Å². The Kier molecular flexibility index (Phi) is 5.77. The third-order valence-electron chi connectivity index (χ3n) is 4.56. The monoisotopic (exact) mass is 418 g/mol. The first kappa shape index (κ1) is 19.7. The van der Waals surface area contributed by atoms with Gasteiger partial charge in [0.05, 0.1) is 0 Å². The van der Waals surface area contributed by atoms with Gasteiger partial charge in [0.1, 0.15) is 6.04 Å². The summed E-state index contributed by atoms with van der Waals surface area (Å²) < 4.78 is 5.89. The van der Waals surface area contributed by atoms with Crippen LogP contribution in [0.4, 0.5) is 10.5 Å². The van der Waals surface area contributed by atoms with Crippen molar-refractivity contribution in [1.82, 2.24) is 15.5 Å². The molecule has 0 unspecified atom stereocenters. The smallest absolute Gasteiger partial charge is 0.320 e. The Bertz CT molecular complexity index is 1150. The molecule has 150 valence electrons. The molecule has 0 aliphatic heterocycles. The fourth-order valence-corrected chi connectivity index (χ4v) is 3.17. The summed E-state index contributed by atoms with van der Waals surface area (Å²) in [6.07, 6.45) is 0. The summed E-state index contributed by atoms with van der Waals surface area (Å²) in [7, 11) is 0. The van der Waals surface area contributed by atoms with Gasteiger partial charge in [-0.25, -0.2) is 4.79 Å². The van der Waals surface area contributed by atoms with Crippen LogP contribution >= 0.6 is 11.6 Å². The molecular weight excluding hydrogens is 400 g/mol. The lowest BCUT2D eigenvalue weighted by Gasteiger charge is -2.17. The SMILES string of the molecule is Cc1ccc(Cl)cc1NC(=O)N[C@@H](c1ccccc1)c1nnc(-c2ccccc2)o1. The summed E-state index contributed by atoms with van der Waals surface area (Å²) in [5.41, 5.74) is 3.15. The van der Waals surface area contributed by atoms with Gasteiger partial charge in [-0.15, -0.1) is 10.2 Å². The van der Waals surface area contributed by atoms with Gasteiger partial charge in [0.15, 0.2) is 0 Å². The van der Waals surface area contributed by atoms with Crippen LogP contribution in [0.1, 0.15) is 23.1 Å². The Labute approximate surface area is 178 Å². The number of anilines is 1. The maximum absolute atomic E-state index is 12.8. The molecule has 0 aliphatic rings. The molecule has 6 nitrogen and oxygen atoms in total. The van der Waals surface area contributed by atoms with Gasteiger partial charge in [-0.2, -0.15) is 0 Å². The first-order valence-electron chi connectivity index (χ1n) is 9.37. The van der Waals surface area contributed by atoms with Crippen LogP contribution in [0.15, 0.2) is 83.3 Å². The molecular formula is C23H19ClN4O2. The van der Waals surface area contributed by atoms with Crippen LogP contribution in [-0.4, -0.2) is 16.2 Å². The Hall–Kier alpha value is -3.64. The molecule has 4 aromatic rings. The maximum atomic E-state index is 12.8. The molecule has 0 saturated carbocycles. The zero-order valence-corrected chi connectivity index (χ0v) is 16.9. The summed E-state index contributed by atoms with van der Waals surface area (Å²) in [5.74, 6) is 0.678. The highest BCUT2D eigenvalue weighted by molar-refractivity contribution is 6.31. The van der Waals surface area contributed by atoms with Crippen LogP contribution in [0.3, 0.4) is 0 Å². The van der Waals surface area contributed by atoms with E-state index in [0.29, 0.717) is 16.6 Å². The predicted molar refractivity (Wildman–Crippen MR) is 116 cm³/mol. The summed E-state index contributed by atoms with van der Waals surface area (Å²) in [6.45, 7) is 1.89. The van der Waals surface area contributed by atoms with Crippen molar-refractivity contribution in [2.75, 3.05) is 5.32 Å². The Morgan fingerprint density at radius 2 is 1.67 bits per heavy atom. The molecule has 0 saturated heterocycles. The van der Waals surface area contributed by atoms with E-state index in [9.17, 15) is 4.79 Å². The lowest BCUT2D eigenvalue weighted by atomic mass is 10.1. The number of aryl methyl sites for hydroxylation is 1. The number of rotatable bonds is 5. The Morgan fingerprint density at radius 3 is 2.40 bits per heavy atom. The van der Waals surface area contributed by atoms with Crippen molar-refractivity contribution in [3.63, 3.8) is 0 Å². The van der Waals surface area contributed by atoms with E-state index in [4.69, 9.17) is 16.0 Å². The van der Waals surface area contributed by atoms with Crippen LogP contribution < -0.4 is 10.6 Å². The fourth-order valence-electron chi connectivity index (χ4n) is 3.00. The van der Waals surface area contributed by atoms with Crippen LogP contribution in [-0.2, 0) is 0 Å². The molecule has 3 aromatic carbocycles. The van der Waals surface area contributed by atoms with Crippen LogP contribution in [0.5, 0.6) is 0 Å². The second-order valence-corrected chi connectivity index (χ2v) is 7.15. The molecule has 7 heteroatoms. The van der Waals surface area contributed by atoms with Gasteiger partial charge >= 0.3 is 6.03 Å². The first-order chi connectivity index (χ1) is 14.6. The summed E-state index contributed by atoms with van der Waals surface area (Å²) in [4.78, 5) is 12.8. The Morgan fingerprint density at radius 1 is 0.967 bits per heavy atom. The van der Waals surface area contributed by atoms with E-state index >= 15 is 0 Å². The maximum Gasteiger partial charge on any atom is 0.320 e. The van der Waals surface area contributed by atoms with Crippen molar-refractivity contribution in [3.8, 4) is 11.5 Å². The standard InChI is InChI=1S/C23H19ClN4O2/c1-15-12-13-18(24)14-19(15)25-23(29)26-20(16-8-4-2-5-9-16)22-28-27-21(30-22)17-10-6-3-7-11-17/h2-14,20H,1H3,(H2,25,26,29)/t20-/m0/s1. The van der Waals surface area contributed by atoms with Crippen LogP contribution in [0.2, 0.25) is 5.02 Å². The largest absolute Gasteiger partial charge is 0.418 e. The number of amides is 2. The molecule has 0 spiro atoms. The Balaban J connectivity index is 1.60. The zero-order chi connectivity index (χ0) is 20.9.